The van der Waals surface area contributed by atoms with E-state index >= 15 is 0 Å². The fourth-order valence-electron chi connectivity index (χ4n) is 7.23. The van der Waals surface area contributed by atoms with E-state index in [1.54, 1.807) is 0 Å². The third-order valence-electron chi connectivity index (χ3n) is 11.7. The van der Waals surface area contributed by atoms with E-state index in [1.807, 2.05) is 0 Å². The summed E-state index contributed by atoms with van der Waals surface area (Å²) in [4.78, 5) is 188. The zero-order valence-corrected chi connectivity index (χ0v) is 47.6. The molecule has 1 rings (SSSR count). The topological polar surface area (TPSA) is 461 Å². The Bertz CT molecular complexity index is 2310. The van der Waals surface area contributed by atoms with E-state index < -0.39 is 150 Å². The van der Waals surface area contributed by atoms with Gasteiger partial charge in [0.25, 0.3) is 0 Å². The summed E-state index contributed by atoms with van der Waals surface area (Å²) in [6.07, 6.45) is -7.14. The van der Waals surface area contributed by atoms with Crippen LogP contribution in [0.5, 0.6) is 0 Å². The highest BCUT2D eigenvalue weighted by atomic mass is 16.6. The molecule has 0 heterocycles. The van der Waals surface area contributed by atoms with Crippen molar-refractivity contribution >= 4 is 89.5 Å². The van der Waals surface area contributed by atoms with Crippen molar-refractivity contribution in [1.29, 1.82) is 0 Å². The molecule has 86 heavy (non-hydrogen) atoms. The summed E-state index contributed by atoms with van der Waals surface area (Å²) in [6, 6.07) is 2.11. The fourth-order valence-corrected chi connectivity index (χ4v) is 7.23. The molecule has 0 aliphatic rings. The molecule has 0 radical (unpaired) electrons. The van der Waals surface area contributed by atoms with Gasteiger partial charge in [-0.1, -0.05) is 0 Å². The number of aliphatic carboxylic acids is 6. The van der Waals surface area contributed by atoms with Gasteiger partial charge in [-0.2, -0.15) is 0 Å². The van der Waals surface area contributed by atoms with Crippen LogP contribution < -0.4 is 0 Å². The maximum atomic E-state index is 14.2. The summed E-state index contributed by atoms with van der Waals surface area (Å²) in [5, 5.41) is 53.6. The molecule has 0 saturated carbocycles. The SMILES string of the molecule is O=C(O)CCCCCOC(=O)CC(OC(=O)c1cc(C(=O)OC(CC(=O)OCCCCCC(=O)O)C(=O)OCCCCCC(=O)O)cc(C(=O)OC(CC(=O)OCCCCCC(=O)O)C(=O)OCCCCC(=O)O)c1)C(=O)OCCCCCC(=O)O. The van der Waals surface area contributed by atoms with Crippen molar-refractivity contribution in [3.05, 3.63) is 34.9 Å². The summed E-state index contributed by atoms with van der Waals surface area (Å²) in [6.45, 7) is -1.92. The van der Waals surface area contributed by atoms with E-state index in [-0.39, 0.29) is 161 Å². The lowest BCUT2D eigenvalue weighted by Crippen LogP contribution is -2.34. The average molecular weight is 1230 g/mol. The van der Waals surface area contributed by atoms with Crippen LogP contribution in [-0.2, 0) is 100 Å². The summed E-state index contributed by atoms with van der Waals surface area (Å²) >= 11 is 0. The summed E-state index contributed by atoms with van der Waals surface area (Å²) in [5.41, 5.74) is -2.44. The second-order valence-corrected chi connectivity index (χ2v) is 19.1. The van der Waals surface area contributed by atoms with Crippen molar-refractivity contribution in [2.24, 2.45) is 0 Å². The van der Waals surface area contributed by atoms with Crippen LogP contribution in [0.15, 0.2) is 18.2 Å². The molecule has 3 atom stereocenters. The monoisotopic (exact) mass is 1230 g/mol. The molecule has 3 unspecified atom stereocenters. The lowest BCUT2D eigenvalue weighted by Gasteiger charge is -2.19. The van der Waals surface area contributed by atoms with Crippen molar-refractivity contribution in [3.8, 4) is 0 Å². The van der Waals surface area contributed by atoms with Gasteiger partial charge in [0.1, 0.15) is 0 Å². The van der Waals surface area contributed by atoms with Gasteiger partial charge >= 0.3 is 89.5 Å². The van der Waals surface area contributed by atoms with Crippen LogP contribution in [0.3, 0.4) is 0 Å². The first-order chi connectivity index (χ1) is 40.9. The van der Waals surface area contributed by atoms with E-state index in [0.29, 0.717) is 37.5 Å². The van der Waals surface area contributed by atoms with E-state index in [0.717, 1.165) is 0 Å². The Morgan fingerprint density at radius 1 is 0.267 bits per heavy atom. The predicted molar refractivity (Wildman–Crippen MR) is 286 cm³/mol. The Hall–Kier alpha value is -8.73. The smallest absolute Gasteiger partial charge is 0.348 e. The highest BCUT2D eigenvalue weighted by molar-refractivity contribution is 6.02. The first-order valence-electron chi connectivity index (χ1n) is 27.9. The standard InChI is InChI=1S/C56H76O30/c57-42(58)18-6-1-12-24-78-48(69)33-39(54(75)81-27-15-4-9-21-45(63)64)84-51(72)36-30-37(52(73)85-40(55(76)82-28-16-5-10-22-46(65)66)34-49(70)79-25-13-2-7-19-43(59)60)32-38(31-36)53(74)86-41(56(77)83-29-17-11-23-47(67)68)35-50(71)80-26-14-3-8-20-44(61)62/h30-32,39-41H,1-29,33-35H2,(H,57,58)(H,59,60)(H,61,62)(H,63,64)(H,65,66)(H,67,68). The van der Waals surface area contributed by atoms with Gasteiger partial charge in [-0.25, -0.2) is 28.8 Å². The molecule has 0 spiro atoms. The zero-order valence-electron chi connectivity index (χ0n) is 47.6. The number of hydrogen-bond donors (Lipinski definition) is 6. The second kappa shape index (κ2) is 44.7. The minimum Gasteiger partial charge on any atom is -0.481 e. The van der Waals surface area contributed by atoms with Crippen molar-refractivity contribution in [3.63, 3.8) is 0 Å². The van der Waals surface area contributed by atoms with Crippen molar-refractivity contribution in [1.82, 2.24) is 0 Å². The van der Waals surface area contributed by atoms with Gasteiger partial charge in [0.15, 0.2) is 0 Å². The number of esters is 9. The number of hydrogen-bond acceptors (Lipinski definition) is 24. The molecule has 0 aliphatic carbocycles. The predicted octanol–water partition coefficient (Wildman–Crippen LogP) is 5.17. The number of ether oxygens (including phenoxy) is 9. The molecule has 0 amide bonds. The largest absolute Gasteiger partial charge is 0.481 e. The summed E-state index contributed by atoms with van der Waals surface area (Å²) < 4.78 is 47.3. The molecule has 0 aromatic heterocycles. The zero-order chi connectivity index (χ0) is 64.2. The van der Waals surface area contributed by atoms with Gasteiger partial charge in [0.2, 0.25) is 18.3 Å². The highest BCUT2D eigenvalue weighted by Gasteiger charge is 2.34. The van der Waals surface area contributed by atoms with Crippen LogP contribution in [0.4, 0.5) is 0 Å². The Kier molecular flexibility index (Phi) is 39.2. The number of carbonyl (C=O) groups is 15. The normalized spacial score (nSPS) is 11.7. The quantitative estimate of drug-likeness (QED) is 0.0278. The third-order valence-corrected chi connectivity index (χ3v) is 11.7. The van der Waals surface area contributed by atoms with Crippen LogP contribution in [0, 0.1) is 0 Å². The van der Waals surface area contributed by atoms with Gasteiger partial charge in [0, 0.05) is 38.5 Å². The van der Waals surface area contributed by atoms with Crippen molar-refractivity contribution < 1.29 is 145 Å². The van der Waals surface area contributed by atoms with E-state index in [1.165, 1.54) is 0 Å². The van der Waals surface area contributed by atoms with Gasteiger partial charge in [0.05, 0.1) is 75.6 Å². The number of carboxylic acid groups (broad SMARTS) is 6. The number of benzene rings is 1. The molecule has 30 nitrogen and oxygen atoms in total. The molecular formula is C56H76O30. The second-order valence-electron chi connectivity index (χ2n) is 19.1. The van der Waals surface area contributed by atoms with Crippen LogP contribution in [0.1, 0.15) is 198 Å². The maximum absolute atomic E-state index is 14.2. The third kappa shape index (κ3) is 38.2. The first-order valence-corrected chi connectivity index (χ1v) is 27.9. The minimum atomic E-state index is -2.15. The Labute approximate surface area is 493 Å². The molecule has 30 heteroatoms. The molecule has 0 bridgehead atoms. The van der Waals surface area contributed by atoms with Crippen LogP contribution in [0.25, 0.3) is 0 Å². The molecule has 1 aromatic rings. The van der Waals surface area contributed by atoms with E-state index in [9.17, 15) is 71.9 Å². The van der Waals surface area contributed by atoms with Gasteiger partial charge in [-0.15, -0.1) is 0 Å². The van der Waals surface area contributed by atoms with Gasteiger partial charge in [-0.05, 0) is 127 Å². The molecule has 6 N–H and O–H groups in total. The van der Waals surface area contributed by atoms with Crippen LogP contribution >= 0.6 is 0 Å². The van der Waals surface area contributed by atoms with Crippen LogP contribution in [-0.4, -0.2) is 178 Å². The number of rotatable bonds is 50. The molecule has 0 aliphatic heterocycles. The molecule has 1 aromatic carbocycles. The van der Waals surface area contributed by atoms with Crippen molar-refractivity contribution in [2.45, 2.75) is 185 Å². The highest BCUT2D eigenvalue weighted by Crippen LogP contribution is 2.21. The minimum absolute atomic E-state index is 0.00355. The lowest BCUT2D eigenvalue weighted by molar-refractivity contribution is -0.160. The molecule has 0 saturated heterocycles. The Morgan fingerprint density at radius 2 is 0.453 bits per heavy atom. The molecule has 0 fully saturated rings. The molecular weight excluding hydrogens is 1150 g/mol. The summed E-state index contributed by atoms with van der Waals surface area (Å²) in [5.74, 6) is -18.6. The Morgan fingerprint density at radius 3 is 0.663 bits per heavy atom. The van der Waals surface area contributed by atoms with Gasteiger partial charge < -0.3 is 73.3 Å². The van der Waals surface area contributed by atoms with E-state index in [2.05, 4.69) is 0 Å². The fraction of sp³-hybridized carbons (Fsp3) is 0.625. The molecule has 480 valence electrons. The average Bonchev–Trinajstić information content (AvgIpc) is 1.88. The Balaban J connectivity index is 3.86. The van der Waals surface area contributed by atoms with E-state index in [4.69, 9.17) is 73.3 Å². The number of unbranched alkanes of at least 4 members (excludes halogenated alkanes) is 11. The number of carboxylic acids is 6. The van der Waals surface area contributed by atoms with Crippen molar-refractivity contribution in [2.75, 3.05) is 39.6 Å². The summed E-state index contributed by atoms with van der Waals surface area (Å²) in [7, 11) is 0. The lowest BCUT2D eigenvalue weighted by atomic mass is 10.0. The first kappa shape index (κ1) is 75.3. The van der Waals surface area contributed by atoms with Crippen LogP contribution in [0.2, 0.25) is 0 Å². The number of carbonyl (C=O) groups excluding carboxylic acids is 9. The maximum Gasteiger partial charge on any atom is 0.348 e. The van der Waals surface area contributed by atoms with Gasteiger partial charge in [-0.3, -0.25) is 43.2 Å².